The van der Waals surface area contributed by atoms with Gasteiger partial charge in [-0.3, -0.25) is 9.79 Å². The van der Waals surface area contributed by atoms with Gasteiger partial charge in [0.05, 0.1) is 12.8 Å². The Morgan fingerprint density at radius 1 is 1.13 bits per heavy atom. The summed E-state index contributed by atoms with van der Waals surface area (Å²) in [7, 11) is 3.73. The van der Waals surface area contributed by atoms with Gasteiger partial charge in [0, 0.05) is 32.7 Å². The zero-order valence-electron chi connectivity index (χ0n) is 18.4. The number of amides is 1. The smallest absolute Gasteiger partial charge is 0.287 e. The predicted molar refractivity (Wildman–Crippen MR) is 131 cm³/mol. The summed E-state index contributed by atoms with van der Waals surface area (Å²) in [6, 6.07) is 7.99. The molecule has 1 amide bonds. The quantitative estimate of drug-likeness (QED) is 0.226. The monoisotopic (exact) mass is 528 g/mol. The van der Waals surface area contributed by atoms with E-state index in [2.05, 4.69) is 35.5 Å². The standard InChI is InChI=1S/C22H32N4O3.HI/c1-16-13-17(2)15-19(14-16)28-12-10-26(5)22(23-4)25-9-6-8-24-21(27)20-18(3)7-11-29-20;/h7,11,13-15H,6,8-10,12H2,1-5H3,(H,23,25)(H,24,27);1H. The molecule has 0 aliphatic carbocycles. The molecule has 0 radical (unpaired) electrons. The number of guanidine groups is 1. The fraction of sp³-hybridized carbons (Fsp3) is 0.455. The molecule has 0 saturated heterocycles. The number of halogens is 1. The Kier molecular flexibility index (Phi) is 11.3. The lowest BCUT2D eigenvalue weighted by atomic mass is 10.1. The lowest BCUT2D eigenvalue weighted by Gasteiger charge is -2.22. The Labute approximate surface area is 196 Å². The van der Waals surface area contributed by atoms with Crippen molar-refractivity contribution < 1.29 is 13.9 Å². The molecule has 0 atom stereocenters. The first-order valence-electron chi connectivity index (χ1n) is 9.86. The van der Waals surface area contributed by atoms with Crippen LogP contribution < -0.4 is 15.4 Å². The van der Waals surface area contributed by atoms with Gasteiger partial charge in [-0.15, -0.1) is 24.0 Å². The molecule has 0 saturated carbocycles. The summed E-state index contributed by atoms with van der Waals surface area (Å²) >= 11 is 0. The van der Waals surface area contributed by atoms with E-state index < -0.39 is 0 Å². The third-order valence-corrected chi connectivity index (χ3v) is 4.45. The molecule has 0 fully saturated rings. The molecule has 1 heterocycles. The zero-order valence-corrected chi connectivity index (χ0v) is 20.8. The van der Waals surface area contributed by atoms with Crippen LogP contribution >= 0.6 is 24.0 Å². The van der Waals surface area contributed by atoms with Crippen molar-refractivity contribution in [1.82, 2.24) is 15.5 Å². The Morgan fingerprint density at radius 2 is 1.80 bits per heavy atom. The summed E-state index contributed by atoms with van der Waals surface area (Å²) in [6.07, 6.45) is 2.30. The second-order valence-electron chi connectivity index (χ2n) is 7.11. The SMILES string of the molecule is CN=C(NCCCNC(=O)c1occc1C)N(C)CCOc1cc(C)cc(C)c1.I. The molecule has 2 rings (SSSR count). The van der Waals surface area contributed by atoms with Crippen molar-refractivity contribution in [3.63, 3.8) is 0 Å². The van der Waals surface area contributed by atoms with E-state index in [1.54, 1.807) is 13.1 Å². The van der Waals surface area contributed by atoms with Gasteiger partial charge < -0.3 is 24.7 Å². The van der Waals surface area contributed by atoms with E-state index in [1.165, 1.54) is 17.4 Å². The molecular weight excluding hydrogens is 495 g/mol. The number of aryl methyl sites for hydroxylation is 3. The molecule has 7 nitrogen and oxygen atoms in total. The van der Waals surface area contributed by atoms with Crippen LogP contribution in [0, 0.1) is 20.8 Å². The number of furan rings is 1. The molecule has 166 valence electrons. The topological polar surface area (TPSA) is 79.1 Å². The summed E-state index contributed by atoms with van der Waals surface area (Å²) in [4.78, 5) is 18.3. The molecule has 0 spiro atoms. The van der Waals surface area contributed by atoms with Crippen molar-refractivity contribution in [2.24, 2.45) is 4.99 Å². The Balaban J connectivity index is 0.00000450. The molecule has 2 aromatic rings. The molecule has 30 heavy (non-hydrogen) atoms. The highest BCUT2D eigenvalue weighted by molar-refractivity contribution is 14.0. The maximum atomic E-state index is 12.0. The van der Waals surface area contributed by atoms with Crippen molar-refractivity contribution in [2.75, 3.05) is 40.3 Å². The fourth-order valence-electron chi connectivity index (χ4n) is 2.98. The number of benzene rings is 1. The number of hydrogen-bond donors (Lipinski definition) is 2. The summed E-state index contributed by atoms with van der Waals surface area (Å²) in [6.45, 7) is 8.52. The molecule has 0 unspecified atom stereocenters. The first kappa shape index (κ1) is 25.8. The normalized spacial score (nSPS) is 10.9. The molecule has 1 aromatic heterocycles. The van der Waals surface area contributed by atoms with Gasteiger partial charge in [-0.2, -0.15) is 0 Å². The van der Waals surface area contributed by atoms with Crippen LogP contribution in [0.1, 0.15) is 33.7 Å². The fourth-order valence-corrected chi connectivity index (χ4v) is 2.98. The third kappa shape index (κ3) is 8.25. The Hall–Kier alpha value is -2.23. The van der Waals surface area contributed by atoms with Gasteiger partial charge in [0.25, 0.3) is 5.91 Å². The summed E-state index contributed by atoms with van der Waals surface area (Å²) in [5, 5.41) is 6.16. The second kappa shape index (κ2) is 13.1. The number of ether oxygens (including phenoxy) is 1. The molecule has 2 N–H and O–H groups in total. The lowest BCUT2D eigenvalue weighted by molar-refractivity contribution is 0.0925. The van der Waals surface area contributed by atoms with Crippen LogP contribution in [0.4, 0.5) is 0 Å². The maximum absolute atomic E-state index is 12.0. The highest BCUT2D eigenvalue weighted by Crippen LogP contribution is 2.16. The first-order chi connectivity index (χ1) is 13.9. The molecule has 0 aliphatic rings. The maximum Gasteiger partial charge on any atom is 0.287 e. The summed E-state index contributed by atoms with van der Waals surface area (Å²) < 4.78 is 11.1. The van der Waals surface area contributed by atoms with Crippen LogP contribution in [0.2, 0.25) is 0 Å². The number of nitrogens with zero attached hydrogens (tertiary/aromatic N) is 2. The number of carbonyl (C=O) groups is 1. The number of carbonyl (C=O) groups excluding carboxylic acids is 1. The number of aliphatic imine (C=N–C) groups is 1. The van der Waals surface area contributed by atoms with Crippen molar-refractivity contribution in [1.29, 1.82) is 0 Å². The lowest BCUT2D eigenvalue weighted by Crippen LogP contribution is -2.41. The highest BCUT2D eigenvalue weighted by Gasteiger charge is 2.11. The number of likely N-dealkylation sites (N-methyl/N-ethyl adjacent to an activating group) is 1. The number of rotatable bonds is 9. The molecule has 1 aromatic carbocycles. The molecule has 0 aliphatic heterocycles. The van der Waals surface area contributed by atoms with Crippen LogP contribution in [0.25, 0.3) is 0 Å². The van der Waals surface area contributed by atoms with Crippen LogP contribution in [-0.2, 0) is 0 Å². The molecule has 8 heteroatoms. The molecular formula is C22H33IN4O3. The van der Waals surface area contributed by atoms with Crippen molar-refractivity contribution in [3.05, 3.63) is 53.0 Å². The molecule has 0 bridgehead atoms. The Bertz CT molecular complexity index is 815. The highest BCUT2D eigenvalue weighted by atomic mass is 127. The van der Waals surface area contributed by atoms with E-state index in [0.717, 1.165) is 23.7 Å². The minimum absolute atomic E-state index is 0. The predicted octanol–water partition coefficient (Wildman–Crippen LogP) is 3.53. The van der Waals surface area contributed by atoms with Gasteiger partial charge in [0.1, 0.15) is 12.4 Å². The van der Waals surface area contributed by atoms with Gasteiger partial charge in [0.2, 0.25) is 0 Å². The summed E-state index contributed by atoms with van der Waals surface area (Å²) in [5.74, 6) is 1.87. The minimum atomic E-state index is -0.183. The van der Waals surface area contributed by atoms with Gasteiger partial charge in [0.15, 0.2) is 11.7 Å². The van der Waals surface area contributed by atoms with Crippen molar-refractivity contribution in [2.45, 2.75) is 27.2 Å². The van der Waals surface area contributed by atoms with Gasteiger partial charge in [-0.05, 0) is 56.5 Å². The first-order valence-corrected chi connectivity index (χ1v) is 9.86. The third-order valence-electron chi connectivity index (χ3n) is 4.45. The van der Waals surface area contributed by atoms with E-state index in [9.17, 15) is 4.79 Å². The van der Waals surface area contributed by atoms with E-state index >= 15 is 0 Å². The van der Waals surface area contributed by atoms with Crippen LogP contribution in [0.3, 0.4) is 0 Å². The van der Waals surface area contributed by atoms with Crippen LogP contribution in [0.15, 0.2) is 39.9 Å². The van der Waals surface area contributed by atoms with E-state index in [4.69, 9.17) is 9.15 Å². The van der Waals surface area contributed by atoms with Crippen molar-refractivity contribution >= 4 is 35.8 Å². The zero-order chi connectivity index (χ0) is 21.2. The van der Waals surface area contributed by atoms with E-state index in [1.807, 2.05) is 31.0 Å². The van der Waals surface area contributed by atoms with Gasteiger partial charge in [-0.1, -0.05) is 6.07 Å². The van der Waals surface area contributed by atoms with E-state index in [-0.39, 0.29) is 29.9 Å². The largest absolute Gasteiger partial charge is 0.492 e. The average Bonchev–Trinajstić information content (AvgIpc) is 3.09. The van der Waals surface area contributed by atoms with E-state index in [0.29, 0.717) is 32.0 Å². The Morgan fingerprint density at radius 3 is 2.40 bits per heavy atom. The number of hydrogen-bond acceptors (Lipinski definition) is 4. The van der Waals surface area contributed by atoms with Crippen LogP contribution in [0.5, 0.6) is 5.75 Å². The van der Waals surface area contributed by atoms with Gasteiger partial charge >= 0.3 is 0 Å². The second-order valence-corrected chi connectivity index (χ2v) is 7.11. The minimum Gasteiger partial charge on any atom is -0.492 e. The van der Waals surface area contributed by atoms with Crippen LogP contribution in [-0.4, -0.2) is 57.1 Å². The average molecular weight is 528 g/mol. The van der Waals surface area contributed by atoms with Gasteiger partial charge in [-0.25, -0.2) is 0 Å². The van der Waals surface area contributed by atoms with Crippen molar-refractivity contribution in [3.8, 4) is 5.75 Å². The summed E-state index contributed by atoms with van der Waals surface area (Å²) in [5.41, 5.74) is 3.23. The number of nitrogens with one attached hydrogen (secondary N) is 2.